The Hall–Kier alpha value is -1.30. The molecule has 0 aromatic heterocycles. The third kappa shape index (κ3) is 5.06. The quantitative estimate of drug-likeness (QED) is 0.862. The van der Waals surface area contributed by atoms with Crippen LogP contribution in [-0.4, -0.2) is 38.6 Å². The summed E-state index contributed by atoms with van der Waals surface area (Å²) in [4.78, 5) is 11.5. The van der Waals surface area contributed by atoms with E-state index in [1.165, 1.54) is 0 Å². The molecule has 5 nitrogen and oxygen atoms in total. The highest BCUT2D eigenvalue weighted by atomic mass is 35.5. The van der Waals surface area contributed by atoms with Crippen LogP contribution in [0.1, 0.15) is 6.42 Å². The van der Waals surface area contributed by atoms with E-state index >= 15 is 0 Å². The summed E-state index contributed by atoms with van der Waals surface area (Å²) < 4.78 is 15.8. The van der Waals surface area contributed by atoms with Crippen molar-refractivity contribution in [1.29, 1.82) is 0 Å². The zero-order valence-corrected chi connectivity index (χ0v) is 11.2. The highest BCUT2D eigenvalue weighted by Crippen LogP contribution is 2.15. The Morgan fingerprint density at radius 1 is 1.32 bits per heavy atom. The second-order valence-electron chi connectivity index (χ2n) is 4.05. The summed E-state index contributed by atoms with van der Waals surface area (Å²) in [5.41, 5.74) is 0. The van der Waals surface area contributed by atoms with Gasteiger partial charge in [-0.15, -0.1) is 0 Å². The molecule has 1 amide bonds. The number of hydrogen-bond acceptors (Lipinski definition) is 4. The third-order valence-corrected chi connectivity index (χ3v) is 2.83. The van der Waals surface area contributed by atoms with Gasteiger partial charge in [-0.3, -0.25) is 4.79 Å². The number of amides is 1. The SMILES string of the molecule is O=C(COc1ccc(Cl)cc1)NCCC1OCCO1. The van der Waals surface area contributed by atoms with E-state index in [0.717, 1.165) is 0 Å². The van der Waals surface area contributed by atoms with Crippen LogP contribution in [0.5, 0.6) is 5.75 Å². The monoisotopic (exact) mass is 285 g/mol. The van der Waals surface area contributed by atoms with Crippen LogP contribution in [0.3, 0.4) is 0 Å². The average Bonchev–Trinajstić information content (AvgIpc) is 2.91. The Balaban J connectivity index is 1.60. The molecule has 0 unspecified atom stereocenters. The molecule has 1 heterocycles. The fraction of sp³-hybridized carbons (Fsp3) is 0.462. The van der Waals surface area contributed by atoms with E-state index in [0.29, 0.717) is 37.0 Å². The predicted molar refractivity (Wildman–Crippen MR) is 70.3 cm³/mol. The second-order valence-corrected chi connectivity index (χ2v) is 4.49. The maximum Gasteiger partial charge on any atom is 0.257 e. The van der Waals surface area contributed by atoms with Gasteiger partial charge >= 0.3 is 0 Å². The molecule has 1 aromatic rings. The molecule has 1 aromatic carbocycles. The van der Waals surface area contributed by atoms with Gasteiger partial charge in [0.2, 0.25) is 0 Å². The lowest BCUT2D eigenvalue weighted by Crippen LogP contribution is -2.31. The summed E-state index contributed by atoms with van der Waals surface area (Å²) in [6.07, 6.45) is 0.449. The molecule has 19 heavy (non-hydrogen) atoms. The Labute approximate surface area is 116 Å². The highest BCUT2D eigenvalue weighted by Gasteiger charge is 2.15. The van der Waals surface area contributed by atoms with E-state index in [4.69, 9.17) is 25.8 Å². The van der Waals surface area contributed by atoms with Crippen molar-refractivity contribution in [2.24, 2.45) is 0 Å². The normalized spacial score (nSPS) is 15.4. The van der Waals surface area contributed by atoms with E-state index in [9.17, 15) is 4.79 Å². The number of benzene rings is 1. The first kappa shape index (κ1) is 14.1. The van der Waals surface area contributed by atoms with E-state index in [2.05, 4.69) is 5.32 Å². The topological polar surface area (TPSA) is 56.8 Å². The molecule has 1 fully saturated rings. The summed E-state index contributed by atoms with van der Waals surface area (Å²) >= 11 is 5.75. The molecule has 2 rings (SSSR count). The van der Waals surface area contributed by atoms with Crippen LogP contribution < -0.4 is 10.1 Å². The first-order chi connectivity index (χ1) is 9.24. The molecule has 1 aliphatic heterocycles. The molecule has 0 aliphatic carbocycles. The molecule has 0 radical (unpaired) electrons. The van der Waals surface area contributed by atoms with Gasteiger partial charge in [0.1, 0.15) is 5.75 Å². The van der Waals surface area contributed by atoms with Crippen LogP contribution >= 0.6 is 11.6 Å². The van der Waals surface area contributed by atoms with Crippen molar-refractivity contribution < 1.29 is 19.0 Å². The zero-order valence-electron chi connectivity index (χ0n) is 10.4. The van der Waals surface area contributed by atoms with Crippen molar-refractivity contribution in [1.82, 2.24) is 5.32 Å². The lowest BCUT2D eigenvalue weighted by atomic mass is 10.3. The van der Waals surface area contributed by atoms with Crippen LogP contribution in [0.4, 0.5) is 0 Å². The molecular formula is C13H16ClNO4. The fourth-order valence-electron chi connectivity index (χ4n) is 1.63. The minimum atomic E-state index is -0.197. The number of nitrogens with one attached hydrogen (secondary N) is 1. The maximum absolute atomic E-state index is 11.5. The van der Waals surface area contributed by atoms with Crippen LogP contribution in [-0.2, 0) is 14.3 Å². The summed E-state index contributed by atoms with van der Waals surface area (Å²) in [6, 6.07) is 6.86. The Morgan fingerprint density at radius 2 is 2.00 bits per heavy atom. The number of carbonyl (C=O) groups excluding carboxylic acids is 1. The van der Waals surface area contributed by atoms with Gasteiger partial charge in [0.15, 0.2) is 12.9 Å². The van der Waals surface area contributed by atoms with Gasteiger partial charge in [-0.25, -0.2) is 0 Å². The third-order valence-electron chi connectivity index (χ3n) is 2.58. The molecule has 0 bridgehead atoms. The summed E-state index contributed by atoms with van der Waals surface area (Å²) in [7, 11) is 0. The molecule has 0 spiro atoms. The predicted octanol–water partition coefficient (Wildman–Crippen LogP) is 1.60. The van der Waals surface area contributed by atoms with Gasteiger partial charge in [-0.1, -0.05) is 11.6 Å². The van der Waals surface area contributed by atoms with Crippen molar-refractivity contribution in [3.63, 3.8) is 0 Å². The first-order valence-corrected chi connectivity index (χ1v) is 6.50. The molecule has 1 aliphatic rings. The van der Waals surface area contributed by atoms with Crippen molar-refractivity contribution >= 4 is 17.5 Å². The fourth-order valence-corrected chi connectivity index (χ4v) is 1.76. The van der Waals surface area contributed by atoms with Crippen LogP contribution in [0.25, 0.3) is 0 Å². The number of halogens is 1. The van der Waals surface area contributed by atoms with Crippen molar-refractivity contribution in [2.45, 2.75) is 12.7 Å². The van der Waals surface area contributed by atoms with Crippen molar-refractivity contribution in [3.8, 4) is 5.75 Å². The first-order valence-electron chi connectivity index (χ1n) is 6.12. The van der Waals surface area contributed by atoms with Gasteiger partial charge in [-0.2, -0.15) is 0 Å². The lowest BCUT2D eigenvalue weighted by molar-refractivity contribution is -0.123. The largest absolute Gasteiger partial charge is 0.484 e. The van der Waals surface area contributed by atoms with Gasteiger partial charge in [0.05, 0.1) is 13.2 Å². The van der Waals surface area contributed by atoms with Gasteiger partial charge in [-0.05, 0) is 24.3 Å². The summed E-state index contributed by atoms with van der Waals surface area (Å²) in [6.45, 7) is 1.73. The number of ether oxygens (including phenoxy) is 3. The van der Waals surface area contributed by atoms with Crippen LogP contribution in [0, 0.1) is 0 Å². The zero-order chi connectivity index (χ0) is 13.5. The molecule has 0 saturated carbocycles. The molecule has 6 heteroatoms. The Kier molecular flexibility index (Phi) is 5.44. The van der Waals surface area contributed by atoms with Crippen molar-refractivity contribution in [3.05, 3.63) is 29.3 Å². The molecular weight excluding hydrogens is 270 g/mol. The molecule has 1 saturated heterocycles. The van der Waals surface area contributed by atoms with Crippen LogP contribution in [0.15, 0.2) is 24.3 Å². The van der Waals surface area contributed by atoms with Gasteiger partial charge in [0, 0.05) is 18.0 Å². The molecule has 104 valence electrons. The number of rotatable bonds is 6. The number of hydrogen-bond donors (Lipinski definition) is 1. The number of carbonyl (C=O) groups is 1. The summed E-state index contributed by atoms with van der Waals surface area (Å²) in [5.74, 6) is 0.440. The molecule has 1 N–H and O–H groups in total. The minimum Gasteiger partial charge on any atom is -0.484 e. The van der Waals surface area contributed by atoms with Crippen LogP contribution in [0.2, 0.25) is 5.02 Å². The van der Waals surface area contributed by atoms with E-state index in [1.807, 2.05) is 0 Å². The van der Waals surface area contributed by atoms with Crippen molar-refractivity contribution in [2.75, 3.05) is 26.4 Å². The highest BCUT2D eigenvalue weighted by molar-refractivity contribution is 6.30. The van der Waals surface area contributed by atoms with E-state index in [-0.39, 0.29) is 18.8 Å². The smallest absolute Gasteiger partial charge is 0.257 e. The van der Waals surface area contributed by atoms with E-state index < -0.39 is 0 Å². The standard InChI is InChI=1S/C13H16ClNO4/c14-10-1-3-11(4-2-10)19-9-12(16)15-6-5-13-17-7-8-18-13/h1-4,13H,5-9H2,(H,15,16). The van der Waals surface area contributed by atoms with E-state index in [1.54, 1.807) is 24.3 Å². The molecule has 0 atom stereocenters. The van der Waals surface area contributed by atoms with Gasteiger partial charge in [0.25, 0.3) is 5.91 Å². The maximum atomic E-state index is 11.5. The second kappa shape index (κ2) is 7.33. The summed E-state index contributed by atoms with van der Waals surface area (Å²) in [5, 5.41) is 3.37. The van der Waals surface area contributed by atoms with Gasteiger partial charge < -0.3 is 19.5 Å². The lowest BCUT2D eigenvalue weighted by Gasteiger charge is -2.10. The Morgan fingerprint density at radius 3 is 2.68 bits per heavy atom. The average molecular weight is 286 g/mol. The minimum absolute atomic E-state index is 0.0198. The Bertz CT molecular complexity index is 404.